The lowest BCUT2D eigenvalue weighted by Crippen LogP contribution is -2.51. The molecule has 0 aromatic rings. The van der Waals surface area contributed by atoms with Crippen LogP contribution in [-0.4, -0.2) is 29.2 Å². The summed E-state index contributed by atoms with van der Waals surface area (Å²) in [7, 11) is 0. The van der Waals surface area contributed by atoms with Crippen molar-refractivity contribution in [2.24, 2.45) is 0 Å². The van der Waals surface area contributed by atoms with E-state index in [1.54, 1.807) is 4.90 Å². The normalized spacial score (nSPS) is 23.3. The van der Waals surface area contributed by atoms with E-state index in [4.69, 9.17) is 4.74 Å². The van der Waals surface area contributed by atoms with E-state index in [2.05, 4.69) is 0 Å². The average Bonchev–Trinajstić information content (AvgIpc) is 1.79. The van der Waals surface area contributed by atoms with Gasteiger partial charge >= 0.3 is 6.09 Å². The average molecular weight is 171 g/mol. The van der Waals surface area contributed by atoms with Crippen molar-refractivity contribution in [3.8, 4) is 0 Å². The van der Waals surface area contributed by atoms with Crippen molar-refractivity contribution in [2.75, 3.05) is 6.54 Å². The van der Waals surface area contributed by atoms with Crippen LogP contribution in [0.4, 0.5) is 4.79 Å². The summed E-state index contributed by atoms with van der Waals surface area (Å²) in [6.45, 7) is 8.53. The molecular weight excluding hydrogens is 154 g/mol. The molecule has 1 saturated heterocycles. The fourth-order valence-electron chi connectivity index (χ4n) is 1.11. The van der Waals surface area contributed by atoms with Crippen molar-refractivity contribution in [1.82, 2.24) is 4.90 Å². The second-order valence-electron chi connectivity index (χ2n) is 4.31. The van der Waals surface area contributed by atoms with E-state index in [1.807, 2.05) is 27.7 Å². The zero-order valence-electron chi connectivity index (χ0n) is 8.26. The number of hydrogen-bond acceptors (Lipinski definition) is 2. The molecule has 0 N–H and O–H groups in total. The van der Waals surface area contributed by atoms with E-state index in [1.165, 1.54) is 0 Å². The lowest BCUT2D eigenvalue weighted by Gasteiger charge is -2.39. The van der Waals surface area contributed by atoms with E-state index >= 15 is 0 Å². The van der Waals surface area contributed by atoms with Crippen molar-refractivity contribution < 1.29 is 9.53 Å². The summed E-state index contributed by atoms with van der Waals surface area (Å²) in [6.07, 6.45) is 0.917. The number of nitrogens with zero attached hydrogens (tertiary/aromatic N) is 1. The topological polar surface area (TPSA) is 29.5 Å². The molecule has 1 aliphatic heterocycles. The van der Waals surface area contributed by atoms with Gasteiger partial charge in [-0.2, -0.15) is 0 Å². The molecule has 0 saturated carbocycles. The highest BCUT2D eigenvalue weighted by Crippen LogP contribution is 2.20. The van der Waals surface area contributed by atoms with Crippen LogP contribution < -0.4 is 0 Å². The third-order valence-corrected chi connectivity index (χ3v) is 1.95. The largest absolute Gasteiger partial charge is 0.444 e. The summed E-state index contributed by atoms with van der Waals surface area (Å²) in [5.74, 6) is 0. The maximum atomic E-state index is 11.4. The maximum Gasteiger partial charge on any atom is 0.410 e. The molecule has 0 aliphatic carbocycles. The minimum absolute atomic E-state index is 0.179. The lowest BCUT2D eigenvalue weighted by molar-refractivity contribution is -0.00172. The van der Waals surface area contributed by atoms with Crippen LogP contribution in [0.2, 0.25) is 0 Å². The molecule has 0 bridgehead atoms. The minimum Gasteiger partial charge on any atom is -0.444 e. The number of ether oxygens (including phenoxy) is 1. The predicted octanol–water partition coefficient (Wildman–Crippen LogP) is 2.02. The van der Waals surface area contributed by atoms with Crippen LogP contribution >= 0.6 is 0 Å². The van der Waals surface area contributed by atoms with E-state index in [-0.39, 0.29) is 11.7 Å². The highest BCUT2D eigenvalue weighted by Gasteiger charge is 2.31. The summed E-state index contributed by atoms with van der Waals surface area (Å²) in [5, 5.41) is 0. The Balaban J connectivity index is 2.39. The summed E-state index contributed by atoms with van der Waals surface area (Å²) >= 11 is 0. The fourth-order valence-corrected chi connectivity index (χ4v) is 1.11. The molecule has 3 nitrogen and oxygen atoms in total. The monoisotopic (exact) mass is 171 g/mol. The number of carbonyl (C=O) groups excluding carboxylic acids is 1. The lowest BCUT2D eigenvalue weighted by atomic mass is 10.1. The van der Waals surface area contributed by atoms with Crippen molar-refractivity contribution in [3.63, 3.8) is 0 Å². The first-order valence-electron chi connectivity index (χ1n) is 4.40. The van der Waals surface area contributed by atoms with Crippen LogP contribution in [0.25, 0.3) is 0 Å². The minimum atomic E-state index is -0.369. The number of likely N-dealkylation sites (tertiary alicyclic amines) is 1. The standard InChI is InChI=1S/C9H17NO2/c1-7-5-6-10(7)8(11)12-9(2,3)4/h7H,5-6H2,1-4H3/t7-/m0/s1. The Morgan fingerprint density at radius 2 is 2.08 bits per heavy atom. The highest BCUT2D eigenvalue weighted by molar-refractivity contribution is 5.69. The van der Waals surface area contributed by atoms with Gasteiger partial charge in [-0.15, -0.1) is 0 Å². The summed E-state index contributed by atoms with van der Waals surface area (Å²) in [6, 6.07) is 0.361. The predicted molar refractivity (Wildman–Crippen MR) is 47.0 cm³/mol. The van der Waals surface area contributed by atoms with Gasteiger partial charge in [-0.25, -0.2) is 4.79 Å². The zero-order valence-corrected chi connectivity index (χ0v) is 8.26. The maximum absolute atomic E-state index is 11.4. The molecular formula is C9H17NO2. The van der Waals surface area contributed by atoms with Crippen LogP contribution in [0, 0.1) is 0 Å². The van der Waals surface area contributed by atoms with E-state index in [0.29, 0.717) is 6.04 Å². The molecule has 0 radical (unpaired) electrons. The second-order valence-corrected chi connectivity index (χ2v) is 4.31. The molecule has 0 spiro atoms. The SMILES string of the molecule is C[C@H]1CCN1C(=O)OC(C)(C)C. The van der Waals surface area contributed by atoms with Gasteiger partial charge in [-0.05, 0) is 34.1 Å². The third-order valence-electron chi connectivity index (χ3n) is 1.95. The molecule has 1 rings (SSSR count). The zero-order chi connectivity index (χ0) is 9.35. The summed E-state index contributed by atoms with van der Waals surface area (Å²) in [4.78, 5) is 13.1. The van der Waals surface area contributed by atoms with Gasteiger partial charge in [0, 0.05) is 12.6 Å². The van der Waals surface area contributed by atoms with Crippen molar-refractivity contribution in [3.05, 3.63) is 0 Å². The Bertz CT molecular complexity index is 183. The number of rotatable bonds is 0. The van der Waals surface area contributed by atoms with Gasteiger partial charge in [0.1, 0.15) is 5.60 Å². The fraction of sp³-hybridized carbons (Fsp3) is 0.889. The molecule has 1 fully saturated rings. The Morgan fingerprint density at radius 1 is 1.50 bits per heavy atom. The molecule has 12 heavy (non-hydrogen) atoms. The third kappa shape index (κ3) is 2.13. The highest BCUT2D eigenvalue weighted by atomic mass is 16.6. The van der Waals surface area contributed by atoms with Crippen LogP contribution in [0.15, 0.2) is 0 Å². The molecule has 70 valence electrons. The van der Waals surface area contributed by atoms with Crippen molar-refractivity contribution >= 4 is 6.09 Å². The Kier molecular flexibility index (Phi) is 2.31. The van der Waals surface area contributed by atoms with E-state index in [0.717, 1.165) is 13.0 Å². The number of hydrogen-bond donors (Lipinski definition) is 0. The smallest absolute Gasteiger partial charge is 0.410 e. The summed E-state index contributed by atoms with van der Waals surface area (Å²) < 4.78 is 5.20. The van der Waals surface area contributed by atoms with Crippen molar-refractivity contribution in [1.29, 1.82) is 0 Å². The Labute approximate surface area is 73.7 Å². The van der Waals surface area contributed by atoms with Gasteiger partial charge in [0.15, 0.2) is 0 Å². The van der Waals surface area contributed by atoms with Gasteiger partial charge in [0.05, 0.1) is 0 Å². The number of carbonyl (C=O) groups is 1. The quantitative estimate of drug-likeness (QED) is 0.558. The molecule has 0 aromatic heterocycles. The van der Waals surface area contributed by atoms with Crippen LogP contribution in [-0.2, 0) is 4.74 Å². The van der Waals surface area contributed by atoms with Crippen molar-refractivity contribution in [2.45, 2.75) is 45.8 Å². The Hall–Kier alpha value is -0.730. The second kappa shape index (κ2) is 2.96. The first-order chi connectivity index (χ1) is 5.40. The van der Waals surface area contributed by atoms with E-state index in [9.17, 15) is 4.79 Å². The van der Waals surface area contributed by atoms with Crippen LogP contribution in [0.5, 0.6) is 0 Å². The van der Waals surface area contributed by atoms with E-state index < -0.39 is 0 Å². The first-order valence-corrected chi connectivity index (χ1v) is 4.40. The molecule has 0 unspecified atom stereocenters. The molecule has 1 amide bonds. The van der Waals surface area contributed by atoms with Gasteiger partial charge < -0.3 is 9.64 Å². The Morgan fingerprint density at radius 3 is 2.33 bits per heavy atom. The van der Waals surface area contributed by atoms with Crippen LogP contribution in [0.1, 0.15) is 34.1 Å². The van der Waals surface area contributed by atoms with Crippen LogP contribution in [0.3, 0.4) is 0 Å². The molecule has 1 atom stereocenters. The molecule has 3 heteroatoms. The summed E-state index contributed by atoms with van der Waals surface area (Å²) in [5.41, 5.74) is -0.369. The van der Waals surface area contributed by atoms with Gasteiger partial charge in [0.25, 0.3) is 0 Å². The molecule has 0 aromatic carbocycles. The van der Waals surface area contributed by atoms with Gasteiger partial charge in [0.2, 0.25) is 0 Å². The first kappa shape index (κ1) is 9.36. The molecule has 1 aliphatic rings. The molecule has 1 heterocycles. The van der Waals surface area contributed by atoms with Gasteiger partial charge in [-0.1, -0.05) is 0 Å². The van der Waals surface area contributed by atoms with Gasteiger partial charge in [-0.3, -0.25) is 0 Å². The number of amides is 1.